The Bertz CT molecular complexity index is 1270. The molecule has 1 N–H and O–H groups in total. The summed E-state index contributed by atoms with van der Waals surface area (Å²) in [6, 6.07) is 15.4. The van der Waals surface area contributed by atoms with E-state index in [0.717, 1.165) is 41.2 Å². The van der Waals surface area contributed by atoms with E-state index in [2.05, 4.69) is 50.2 Å². The van der Waals surface area contributed by atoms with Crippen LogP contribution in [0.15, 0.2) is 47.4 Å². The number of likely N-dealkylation sites (N-methyl/N-ethyl adjacent to an activating group) is 1. The Hall–Kier alpha value is -2.64. The molecule has 2 aromatic rings. The van der Waals surface area contributed by atoms with Gasteiger partial charge in [-0.1, -0.05) is 39.0 Å². The molecule has 2 aliphatic heterocycles. The Balaban J connectivity index is 1.50. The van der Waals surface area contributed by atoms with E-state index in [1.54, 1.807) is 6.07 Å². The average molecular weight is 565 g/mol. The van der Waals surface area contributed by atoms with Crippen LogP contribution in [0.25, 0.3) is 0 Å². The Morgan fingerprint density at radius 3 is 2.77 bits per heavy atom. The molecular weight excluding hydrogens is 525 g/mol. The van der Waals surface area contributed by atoms with Crippen LogP contribution in [0.3, 0.4) is 0 Å². The van der Waals surface area contributed by atoms with Gasteiger partial charge >= 0.3 is 0 Å². The van der Waals surface area contributed by atoms with Gasteiger partial charge in [-0.25, -0.2) is 0 Å². The van der Waals surface area contributed by atoms with Gasteiger partial charge in [-0.05, 0) is 59.9 Å². The van der Waals surface area contributed by atoms with E-state index in [1.807, 2.05) is 48.3 Å². The number of nitriles is 1. The van der Waals surface area contributed by atoms with Crippen LogP contribution < -0.4 is 5.32 Å². The van der Waals surface area contributed by atoms with Crippen LogP contribution in [-0.4, -0.2) is 68.5 Å². The van der Waals surface area contributed by atoms with Crippen LogP contribution >= 0.6 is 11.8 Å². The van der Waals surface area contributed by atoms with E-state index in [0.29, 0.717) is 17.9 Å². The van der Waals surface area contributed by atoms with Crippen LogP contribution in [0.2, 0.25) is 18.1 Å². The molecule has 4 rings (SSSR count). The number of hydrogen-bond donors (Lipinski definition) is 1. The number of amides is 2. The zero-order chi connectivity index (χ0) is 28.4. The molecule has 0 bridgehead atoms. The fourth-order valence-electron chi connectivity index (χ4n) is 4.88. The maximum absolute atomic E-state index is 13.6. The topological polar surface area (TPSA) is 85.7 Å². The van der Waals surface area contributed by atoms with Gasteiger partial charge in [-0.2, -0.15) is 5.26 Å². The van der Waals surface area contributed by atoms with E-state index in [4.69, 9.17) is 4.43 Å². The van der Waals surface area contributed by atoms with Gasteiger partial charge in [0.15, 0.2) is 8.32 Å². The van der Waals surface area contributed by atoms with Gasteiger partial charge in [0.1, 0.15) is 0 Å². The third-order valence-corrected chi connectivity index (χ3v) is 13.8. The highest BCUT2D eigenvalue weighted by Gasteiger charge is 2.41. The molecule has 2 aliphatic rings. The summed E-state index contributed by atoms with van der Waals surface area (Å²) in [4.78, 5) is 30.6. The van der Waals surface area contributed by atoms with E-state index >= 15 is 0 Å². The molecule has 2 heterocycles. The van der Waals surface area contributed by atoms with Crippen LogP contribution in [0.1, 0.15) is 49.9 Å². The third-order valence-electron chi connectivity index (χ3n) is 8.22. The predicted molar refractivity (Wildman–Crippen MR) is 159 cm³/mol. The minimum Gasteiger partial charge on any atom is -0.413 e. The summed E-state index contributed by atoms with van der Waals surface area (Å²) in [5.74, 6) is 0.382. The summed E-state index contributed by atoms with van der Waals surface area (Å²) in [7, 11) is -0.0197. The molecule has 1 saturated heterocycles. The van der Waals surface area contributed by atoms with Gasteiger partial charge in [0.05, 0.1) is 41.6 Å². The van der Waals surface area contributed by atoms with Gasteiger partial charge in [0.25, 0.3) is 0 Å². The van der Waals surface area contributed by atoms with Crippen molar-refractivity contribution in [1.29, 1.82) is 5.26 Å². The van der Waals surface area contributed by atoms with E-state index in [-0.39, 0.29) is 35.4 Å². The largest absolute Gasteiger partial charge is 0.413 e. The minimum atomic E-state index is -1.87. The molecule has 208 valence electrons. The number of rotatable bonds is 8. The molecule has 7 nitrogen and oxygen atoms in total. The molecule has 0 radical (unpaired) electrons. The maximum Gasteiger partial charge on any atom is 0.234 e. The van der Waals surface area contributed by atoms with Crippen LogP contribution in [0.4, 0.5) is 5.69 Å². The van der Waals surface area contributed by atoms with E-state index in [1.165, 1.54) is 11.8 Å². The monoisotopic (exact) mass is 564 g/mol. The SMILES string of the molecule is CN(C(=O)Cc1ccc2c(c1)NC(=O)CS2)[C@H](CN1CCC(O[Si](C)(C)C(C)(C)C)C1)c1cccc(C#N)c1. The van der Waals surface area contributed by atoms with Crippen molar-refractivity contribution in [2.75, 3.05) is 37.8 Å². The lowest BCUT2D eigenvalue weighted by atomic mass is 10.0. The molecule has 2 atom stereocenters. The summed E-state index contributed by atoms with van der Waals surface area (Å²) in [6.45, 7) is 13.8. The molecule has 9 heteroatoms. The fourth-order valence-corrected chi connectivity index (χ4v) is 7.05. The van der Waals surface area contributed by atoms with Crippen molar-refractivity contribution in [2.45, 2.75) is 68.8 Å². The highest BCUT2D eigenvalue weighted by molar-refractivity contribution is 8.00. The molecule has 0 saturated carbocycles. The van der Waals surface area contributed by atoms with Crippen molar-refractivity contribution in [1.82, 2.24) is 9.80 Å². The quantitative estimate of drug-likeness (QED) is 0.430. The molecule has 0 aliphatic carbocycles. The summed E-state index contributed by atoms with van der Waals surface area (Å²) >= 11 is 1.51. The van der Waals surface area contributed by atoms with Crippen LogP contribution in [-0.2, 0) is 20.4 Å². The van der Waals surface area contributed by atoms with Crippen molar-refractivity contribution < 1.29 is 14.0 Å². The minimum absolute atomic E-state index is 0.00892. The number of fused-ring (bicyclic) bond motifs is 1. The molecule has 0 aromatic heterocycles. The first-order valence-corrected chi connectivity index (χ1v) is 17.5. The van der Waals surface area contributed by atoms with Gasteiger partial charge in [0.2, 0.25) is 11.8 Å². The molecule has 1 unspecified atom stereocenters. The second kappa shape index (κ2) is 11.8. The first-order valence-electron chi connectivity index (χ1n) is 13.6. The number of hydrogen-bond acceptors (Lipinski definition) is 6. The van der Waals surface area contributed by atoms with Crippen molar-refractivity contribution >= 4 is 37.6 Å². The number of carbonyl (C=O) groups excluding carboxylic acids is 2. The zero-order valence-corrected chi connectivity index (χ0v) is 25.7. The number of nitrogens with zero attached hydrogens (tertiary/aromatic N) is 3. The van der Waals surface area contributed by atoms with Crippen molar-refractivity contribution in [2.24, 2.45) is 0 Å². The number of nitrogens with one attached hydrogen (secondary N) is 1. The van der Waals surface area contributed by atoms with Crippen LogP contribution in [0.5, 0.6) is 0 Å². The lowest BCUT2D eigenvalue weighted by molar-refractivity contribution is -0.131. The molecule has 1 fully saturated rings. The second-order valence-corrected chi connectivity index (χ2v) is 17.9. The standard InChI is InChI=1S/C30H40N4O3SSi/c1-30(2,3)39(5,6)37-24-12-13-34(18-24)19-26(23-9-7-8-22(14-23)17-31)33(4)29(36)16-21-10-11-27-25(15-21)32-28(35)20-38-27/h7-11,14-15,24,26H,12-13,16,18-20H2,1-6H3,(H,32,35)/t24?,26-/m1/s1. The zero-order valence-electron chi connectivity index (χ0n) is 23.9. The first kappa shape index (κ1) is 29.3. The second-order valence-electron chi connectivity index (χ2n) is 12.2. The summed E-state index contributed by atoms with van der Waals surface area (Å²) < 4.78 is 6.70. The lowest BCUT2D eigenvalue weighted by Gasteiger charge is -2.38. The molecule has 0 spiro atoms. The number of anilines is 1. The predicted octanol–water partition coefficient (Wildman–Crippen LogP) is 5.44. The van der Waals surface area contributed by atoms with Gasteiger partial charge in [-0.3, -0.25) is 14.5 Å². The van der Waals surface area contributed by atoms with Crippen molar-refractivity contribution in [3.05, 3.63) is 59.2 Å². The van der Waals surface area contributed by atoms with Crippen molar-refractivity contribution in [3.63, 3.8) is 0 Å². The number of thioether (sulfide) groups is 1. The Morgan fingerprint density at radius 1 is 1.28 bits per heavy atom. The highest BCUT2D eigenvalue weighted by Crippen LogP contribution is 2.38. The summed E-state index contributed by atoms with van der Waals surface area (Å²) in [5.41, 5.74) is 3.17. The number of carbonyl (C=O) groups is 2. The third kappa shape index (κ3) is 7.12. The molecular formula is C30H40N4O3SSi. The molecule has 2 aromatic carbocycles. The van der Waals surface area contributed by atoms with Crippen LogP contribution in [0, 0.1) is 11.3 Å². The van der Waals surface area contributed by atoms with Gasteiger partial charge < -0.3 is 14.6 Å². The highest BCUT2D eigenvalue weighted by atomic mass is 32.2. The van der Waals surface area contributed by atoms with Gasteiger partial charge in [0, 0.05) is 31.6 Å². The Morgan fingerprint density at radius 2 is 2.05 bits per heavy atom. The van der Waals surface area contributed by atoms with Crippen molar-refractivity contribution in [3.8, 4) is 6.07 Å². The average Bonchev–Trinajstić information content (AvgIpc) is 3.32. The fraction of sp³-hybridized carbons (Fsp3) is 0.500. The molecule has 2 amide bonds. The van der Waals surface area contributed by atoms with Gasteiger partial charge in [-0.15, -0.1) is 11.8 Å². The smallest absolute Gasteiger partial charge is 0.234 e. The Kier molecular flexibility index (Phi) is 8.91. The summed E-state index contributed by atoms with van der Waals surface area (Å²) in [5, 5.41) is 12.6. The lowest BCUT2D eigenvalue weighted by Crippen LogP contribution is -2.45. The first-order chi connectivity index (χ1) is 18.4. The molecule has 39 heavy (non-hydrogen) atoms. The number of benzene rings is 2. The maximum atomic E-state index is 13.6. The Labute approximate surface area is 238 Å². The van der Waals surface area contributed by atoms with E-state index in [9.17, 15) is 14.9 Å². The van der Waals surface area contributed by atoms with E-state index < -0.39 is 8.32 Å². The normalized spacial score (nSPS) is 18.7. The number of likely N-dealkylation sites (tertiary alicyclic amines) is 1. The summed E-state index contributed by atoms with van der Waals surface area (Å²) in [6.07, 6.45) is 1.41.